The highest BCUT2D eigenvalue weighted by Crippen LogP contribution is 2.34. The van der Waals surface area contributed by atoms with Crippen LogP contribution >= 0.6 is 0 Å². The van der Waals surface area contributed by atoms with Crippen LogP contribution in [-0.2, 0) is 0 Å². The Bertz CT molecular complexity index is 607. The predicted octanol–water partition coefficient (Wildman–Crippen LogP) is 3.92. The molecule has 3 nitrogen and oxygen atoms in total. The maximum Gasteiger partial charge on any atom is 0.161 e. The minimum Gasteiger partial charge on any atom is -0.490 e. The molecule has 21 heavy (non-hydrogen) atoms. The van der Waals surface area contributed by atoms with Gasteiger partial charge in [0.2, 0.25) is 0 Å². The molecule has 0 bridgehead atoms. The molecule has 0 radical (unpaired) electrons. The highest BCUT2D eigenvalue weighted by atomic mass is 16.5. The summed E-state index contributed by atoms with van der Waals surface area (Å²) in [6.07, 6.45) is 1.87. The Morgan fingerprint density at radius 1 is 0.952 bits per heavy atom. The second kappa shape index (κ2) is 6.19. The Morgan fingerprint density at radius 2 is 1.62 bits per heavy atom. The Balaban J connectivity index is 1.88. The average Bonchev–Trinajstić information content (AvgIpc) is 2.79. The van der Waals surface area contributed by atoms with Gasteiger partial charge in [0.1, 0.15) is 0 Å². The van der Waals surface area contributed by atoms with Crippen LogP contribution in [0.3, 0.4) is 0 Å². The summed E-state index contributed by atoms with van der Waals surface area (Å²) in [4.78, 5) is 0. The summed E-state index contributed by atoms with van der Waals surface area (Å²) < 4.78 is 11.4. The van der Waals surface area contributed by atoms with Crippen LogP contribution in [0, 0.1) is 0 Å². The predicted molar refractivity (Wildman–Crippen MR) is 84.7 cm³/mol. The topological polar surface area (TPSA) is 44.5 Å². The van der Waals surface area contributed by atoms with E-state index in [-0.39, 0.29) is 6.04 Å². The fourth-order valence-electron chi connectivity index (χ4n) is 2.50. The van der Waals surface area contributed by atoms with Crippen LogP contribution in [0.15, 0.2) is 42.5 Å². The van der Waals surface area contributed by atoms with Crippen LogP contribution in [0.1, 0.15) is 31.4 Å². The zero-order chi connectivity index (χ0) is 14.7. The summed E-state index contributed by atoms with van der Waals surface area (Å²) in [5, 5.41) is 0. The molecule has 2 aromatic rings. The quantitative estimate of drug-likeness (QED) is 0.928. The van der Waals surface area contributed by atoms with Gasteiger partial charge < -0.3 is 15.2 Å². The van der Waals surface area contributed by atoms with Crippen molar-refractivity contribution in [3.05, 3.63) is 48.0 Å². The summed E-state index contributed by atoms with van der Waals surface area (Å²) >= 11 is 0. The molecule has 0 fully saturated rings. The first-order valence-corrected chi connectivity index (χ1v) is 7.53. The van der Waals surface area contributed by atoms with E-state index in [0.717, 1.165) is 42.1 Å². The summed E-state index contributed by atoms with van der Waals surface area (Å²) in [6.45, 7) is 3.53. The molecule has 3 rings (SSSR count). The van der Waals surface area contributed by atoms with Crippen molar-refractivity contribution in [1.82, 2.24) is 0 Å². The first-order chi connectivity index (χ1) is 10.3. The third-order valence-corrected chi connectivity index (χ3v) is 3.86. The zero-order valence-corrected chi connectivity index (χ0v) is 12.3. The van der Waals surface area contributed by atoms with E-state index in [1.54, 1.807) is 0 Å². The molecule has 2 N–H and O–H groups in total. The van der Waals surface area contributed by atoms with E-state index >= 15 is 0 Å². The van der Waals surface area contributed by atoms with Gasteiger partial charge in [-0.15, -0.1) is 0 Å². The van der Waals surface area contributed by atoms with Crippen LogP contribution < -0.4 is 15.2 Å². The molecule has 1 atom stereocenters. The Hall–Kier alpha value is -2.00. The minimum atomic E-state index is 0.114. The van der Waals surface area contributed by atoms with Crippen molar-refractivity contribution in [3.8, 4) is 22.6 Å². The molecule has 1 unspecified atom stereocenters. The first-order valence-electron chi connectivity index (χ1n) is 7.53. The van der Waals surface area contributed by atoms with Crippen molar-refractivity contribution in [3.63, 3.8) is 0 Å². The lowest BCUT2D eigenvalue weighted by atomic mass is 10.00. The lowest BCUT2D eigenvalue weighted by Gasteiger charge is -2.12. The molecule has 0 aliphatic carbocycles. The van der Waals surface area contributed by atoms with Crippen molar-refractivity contribution in [2.45, 2.75) is 25.8 Å². The number of benzene rings is 2. The number of rotatable bonds is 3. The summed E-state index contributed by atoms with van der Waals surface area (Å²) in [7, 11) is 0. The third kappa shape index (κ3) is 3.03. The van der Waals surface area contributed by atoms with Gasteiger partial charge in [-0.2, -0.15) is 0 Å². The molecule has 0 saturated heterocycles. The highest BCUT2D eigenvalue weighted by molar-refractivity contribution is 5.67. The van der Waals surface area contributed by atoms with Gasteiger partial charge in [0.15, 0.2) is 11.5 Å². The van der Waals surface area contributed by atoms with Gasteiger partial charge >= 0.3 is 0 Å². The molecule has 2 aromatic carbocycles. The molecule has 0 aromatic heterocycles. The van der Waals surface area contributed by atoms with E-state index in [0.29, 0.717) is 6.61 Å². The SMILES string of the molecule is CCC(N)c1ccc(-c2ccc3c(c2)OCCCO3)cc1. The molecule has 0 amide bonds. The molecular weight excluding hydrogens is 262 g/mol. The van der Waals surface area contributed by atoms with Gasteiger partial charge in [-0.3, -0.25) is 0 Å². The second-order valence-electron chi connectivity index (χ2n) is 5.35. The number of fused-ring (bicyclic) bond motifs is 1. The first kappa shape index (κ1) is 14.0. The number of ether oxygens (including phenoxy) is 2. The normalized spacial score (nSPS) is 15.3. The molecule has 1 aliphatic rings. The third-order valence-electron chi connectivity index (χ3n) is 3.86. The van der Waals surface area contributed by atoms with E-state index in [9.17, 15) is 0 Å². The van der Waals surface area contributed by atoms with Gasteiger partial charge in [-0.25, -0.2) is 0 Å². The smallest absolute Gasteiger partial charge is 0.161 e. The standard InChI is InChI=1S/C18H21NO2/c1-2-16(19)14-6-4-13(5-7-14)15-8-9-17-18(12-15)21-11-3-10-20-17/h4-9,12,16H,2-3,10-11,19H2,1H3. The maximum absolute atomic E-state index is 6.05. The lowest BCUT2D eigenvalue weighted by molar-refractivity contribution is 0.297. The summed E-state index contributed by atoms with van der Waals surface area (Å²) in [5.41, 5.74) is 9.53. The van der Waals surface area contributed by atoms with E-state index in [1.807, 2.05) is 6.07 Å². The number of hydrogen-bond donors (Lipinski definition) is 1. The van der Waals surface area contributed by atoms with Crippen molar-refractivity contribution in [2.24, 2.45) is 5.73 Å². The number of nitrogens with two attached hydrogens (primary N) is 1. The largest absolute Gasteiger partial charge is 0.490 e. The monoisotopic (exact) mass is 283 g/mol. The molecule has 1 aliphatic heterocycles. The zero-order valence-electron chi connectivity index (χ0n) is 12.3. The Labute approximate surface area is 125 Å². The second-order valence-corrected chi connectivity index (χ2v) is 5.35. The highest BCUT2D eigenvalue weighted by Gasteiger charge is 2.11. The molecule has 0 spiro atoms. The van der Waals surface area contributed by atoms with Gasteiger partial charge in [0.25, 0.3) is 0 Å². The summed E-state index contributed by atoms with van der Waals surface area (Å²) in [6, 6.07) is 14.7. The van der Waals surface area contributed by atoms with Gasteiger partial charge in [0, 0.05) is 12.5 Å². The van der Waals surface area contributed by atoms with Crippen LogP contribution in [0.2, 0.25) is 0 Å². The van der Waals surface area contributed by atoms with E-state index in [4.69, 9.17) is 15.2 Å². The fraction of sp³-hybridized carbons (Fsp3) is 0.333. The maximum atomic E-state index is 6.05. The van der Waals surface area contributed by atoms with Gasteiger partial charge in [-0.05, 0) is 35.2 Å². The van der Waals surface area contributed by atoms with E-state index in [1.165, 1.54) is 5.56 Å². The number of hydrogen-bond acceptors (Lipinski definition) is 3. The van der Waals surface area contributed by atoms with Crippen LogP contribution in [0.25, 0.3) is 11.1 Å². The van der Waals surface area contributed by atoms with Crippen molar-refractivity contribution < 1.29 is 9.47 Å². The minimum absolute atomic E-state index is 0.114. The summed E-state index contributed by atoms with van der Waals surface area (Å²) in [5.74, 6) is 1.67. The van der Waals surface area contributed by atoms with Crippen LogP contribution in [0.4, 0.5) is 0 Å². The molecule has 0 saturated carbocycles. The van der Waals surface area contributed by atoms with Gasteiger partial charge in [0.05, 0.1) is 13.2 Å². The molecule has 1 heterocycles. The Kier molecular flexibility index (Phi) is 4.11. The van der Waals surface area contributed by atoms with Gasteiger partial charge in [-0.1, -0.05) is 37.3 Å². The van der Waals surface area contributed by atoms with E-state index in [2.05, 4.69) is 43.3 Å². The molecule has 3 heteroatoms. The Morgan fingerprint density at radius 3 is 2.33 bits per heavy atom. The van der Waals surface area contributed by atoms with Crippen molar-refractivity contribution in [1.29, 1.82) is 0 Å². The molecule has 110 valence electrons. The van der Waals surface area contributed by atoms with Crippen molar-refractivity contribution in [2.75, 3.05) is 13.2 Å². The fourth-order valence-corrected chi connectivity index (χ4v) is 2.50. The lowest BCUT2D eigenvalue weighted by Crippen LogP contribution is -2.08. The van der Waals surface area contributed by atoms with Crippen LogP contribution in [0.5, 0.6) is 11.5 Å². The van der Waals surface area contributed by atoms with E-state index < -0.39 is 0 Å². The van der Waals surface area contributed by atoms with Crippen molar-refractivity contribution >= 4 is 0 Å². The average molecular weight is 283 g/mol. The molecular formula is C18H21NO2. The van der Waals surface area contributed by atoms with Crippen LogP contribution in [-0.4, -0.2) is 13.2 Å².